The zero-order valence-corrected chi connectivity index (χ0v) is 13.4. The van der Waals surface area contributed by atoms with Crippen LogP contribution < -0.4 is 14.4 Å². The molecule has 1 amide bonds. The van der Waals surface area contributed by atoms with Gasteiger partial charge in [-0.2, -0.15) is 0 Å². The van der Waals surface area contributed by atoms with Gasteiger partial charge in [0, 0.05) is 11.8 Å². The average molecular weight is 334 g/mol. The molecule has 1 N–H and O–H groups in total. The Morgan fingerprint density at radius 1 is 1.00 bits per heavy atom. The lowest BCUT2D eigenvalue weighted by Crippen LogP contribution is -2.29. The largest absolute Gasteiger partial charge is 0.509 e. The molecule has 1 saturated carbocycles. The number of anilines is 1. The highest BCUT2D eigenvalue weighted by molar-refractivity contribution is 6.03. The summed E-state index contributed by atoms with van der Waals surface area (Å²) in [4.78, 5) is 13.9. The van der Waals surface area contributed by atoms with Gasteiger partial charge in [-0.05, 0) is 42.0 Å². The number of benzene rings is 2. The van der Waals surface area contributed by atoms with E-state index in [9.17, 15) is 9.90 Å². The number of carbonyl (C=O) groups is 1. The highest BCUT2D eigenvalue weighted by atomic mass is 16.7. The van der Waals surface area contributed by atoms with E-state index < -0.39 is 6.04 Å². The second-order valence-electron chi connectivity index (χ2n) is 6.57. The third-order valence-corrected chi connectivity index (χ3v) is 4.91. The van der Waals surface area contributed by atoms with E-state index in [1.54, 1.807) is 18.2 Å². The first-order valence-electron chi connectivity index (χ1n) is 8.36. The lowest BCUT2D eigenvalue weighted by Gasteiger charge is -2.26. The molecule has 2 aliphatic heterocycles. The number of aliphatic hydroxyl groups excluding tert-OH is 1. The maximum absolute atomic E-state index is 12.4. The summed E-state index contributed by atoms with van der Waals surface area (Å²) in [6.45, 7) is 0.175. The summed E-state index contributed by atoms with van der Waals surface area (Å²) < 4.78 is 10.7. The zero-order chi connectivity index (χ0) is 17.0. The summed E-state index contributed by atoms with van der Waals surface area (Å²) in [5, 5.41) is 10.3. The second kappa shape index (κ2) is 5.28. The van der Waals surface area contributed by atoms with Crippen LogP contribution in [0.3, 0.4) is 0 Å². The normalized spacial score (nSPS) is 21.6. The van der Waals surface area contributed by atoms with Crippen molar-refractivity contribution >= 4 is 11.6 Å². The number of carbonyl (C=O) groups excluding carboxylic acids is 1. The number of hydrogen-bond donors (Lipinski definition) is 1. The zero-order valence-electron chi connectivity index (χ0n) is 13.4. The van der Waals surface area contributed by atoms with Gasteiger partial charge in [0.1, 0.15) is 11.8 Å². The Bertz CT molecular complexity index is 883. The molecule has 0 saturated heterocycles. The Hall–Kier alpha value is -2.95. The van der Waals surface area contributed by atoms with Gasteiger partial charge in [-0.25, -0.2) is 0 Å². The van der Waals surface area contributed by atoms with Gasteiger partial charge in [0.2, 0.25) is 6.79 Å². The summed E-state index contributed by atoms with van der Waals surface area (Å²) in [5.74, 6) is 1.48. The number of amides is 1. The topological polar surface area (TPSA) is 59.0 Å². The molecule has 5 nitrogen and oxygen atoms in total. The summed E-state index contributed by atoms with van der Waals surface area (Å²) >= 11 is 0. The summed E-state index contributed by atoms with van der Waals surface area (Å²) in [6.07, 6.45) is 5.00. The van der Waals surface area contributed by atoms with Gasteiger partial charge >= 0.3 is 0 Å². The van der Waals surface area contributed by atoms with Crippen molar-refractivity contribution in [1.82, 2.24) is 0 Å². The van der Waals surface area contributed by atoms with Crippen LogP contribution in [0, 0.1) is 6.08 Å². The van der Waals surface area contributed by atoms with Crippen LogP contribution in [0.1, 0.15) is 35.9 Å². The Kier molecular flexibility index (Phi) is 3.04. The molecular formula is C20H16NO4. The van der Waals surface area contributed by atoms with E-state index in [4.69, 9.17) is 9.47 Å². The van der Waals surface area contributed by atoms with Crippen LogP contribution in [0.25, 0.3) is 0 Å². The number of ether oxygens (including phenoxy) is 2. The third-order valence-electron chi connectivity index (χ3n) is 4.91. The molecule has 125 valence electrons. The van der Waals surface area contributed by atoms with Crippen LogP contribution in [0.2, 0.25) is 0 Å². The highest BCUT2D eigenvalue weighted by Crippen LogP contribution is 2.43. The number of hydrogen-bond acceptors (Lipinski definition) is 4. The number of rotatable bonds is 3. The molecule has 2 aromatic carbocycles. The van der Waals surface area contributed by atoms with Crippen molar-refractivity contribution in [2.75, 3.05) is 11.7 Å². The molecule has 2 aromatic rings. The predicted molar refractivity (Wildman–Crippen MR) is 90.6 cm³/mol. The minimum absolute atomic E-state index is 0.0677. The molecule has 1 aliphatic carbocycles. The van der Waals surface area contributed by atoms with E-state index in [-0.39, 0.29) is 18.5 Å². The van der Waals surface area contributed by atoms with Gasteiger partial charge in [0.15, 0.2) is 11.5 Å². The molecule has 0 spiro atoms. The highest BCUT2D eigenvalue weighted by Gasteiger charge is 2.37. The van der Waals surface area contributed by atoms with Crippen molar-refractivity contribution in [2.24, 2.45) is 0 Å². The fraction of sp³-hybridized carbons (Fsp3) is 0.250. The molecule has 1 atom stereocenters. The summed E-state index contributed by atoms with van der Waals surface area (Å²) in [6, 6.07) is 12.9. The number of aliphatic hydroxyl groups is 1. The summed E-state index contributed by atoms with van der Waals surface area (Å²) in [7, 11) is 0. The van der Waals surface area contributed by atoms with Crippen LogP contribution in [0.5, 0.6) is 11.5 Å². The van der Waals surface area contributed by atoms with Gasteiger partial charge < -0.3 is 14.6 Å². The van der Waals surface area contributed by atoms with Crippen molar-refractivity contribution in [3.63, 3.8) is 0 Å². The maximum Gasteiger partial charge on any atom is 0.263 e. The van der Waals surface area contributed by atoms with E-state index in [0.717, 1.165) is 5.56 Å². The first-order valence-corrected chi connectivity index (χ1v) is 8.36. The fourth-order valence-electron chi connectivity index (χ4n) is 3.45. The van der Waals surface area contributed by atoms with Crippen LogP contribution >= 0.6 is 0 Å². The minimum Gasteiger partial charge on any atom is -0.509 e. The fourth-order valence-corrected chi connectivity index (χ4v) is 3.45. The van der Waals surface area contributed by atoms with Crippen molar-refractivity contribution < 1.29 is 19.4 Å². The van der Waals surface area contributed by atoms with Gasteiger partial charge in [0.25, 0.3) is 5.91 Å². The van der Waals surface area contributed by atoms with Gasteiger partial charge in [-0.1, -0.05) is 24.3 Å². The van der Waals surface area contributed by atoms with Crippen LogP contribution in [0.15, 0.2) is 48.2 Å². The smallest absolute Gasteiger partial charge is 0.263 e. The predicted octanol–water partition coefficient (Wildman–Crippen LogP) is 3.63. The van der Waals surface area contributed by atoms with Gasteiger partial charge in [0.05, 0.1) is 6.08 Å². The van der Waals surface area contributed by atoms with Crippen LogP contribution in [-0.2, 0) is 4.79 Å². The van der Waals surface area contributed by atoms with Crippen LogP contribution in [0.4, 0.5) is 5.69 Å². The second-order valence-corrected chi connectivity index (χ2v) is 6.57. The monoisotopic (exact) mass is 334 g/mol. The summed E-state index contributed by atoms with van der Waals surface area (Å²) in [5.41, 5.74) is 2.81. The quantitative estimate of drug-likeness (QED) is 0.931. The molecule has 0 bridgehead atoms. The van der Waals surface area contributed by atoms with Crippen molar-refractivity contribution in [3.05, 3.63) is 65.4 Å². The first-order chi connectivity index (χ1) is 12.2. The maximum atomic E-state index is 12.4. The average Bonchev–Trinajstić information content (AvgIpc) is 3.28. The Balaban J connectivity index is 1.52. The Morgan fingerprint density at radius 2 is 1.72 bits per heavy atom. The lowest BCUT2D eigenvalue weighted by atomic mass is 10.0. The van der Waals surface area contributed by atoms with Crippen LogP contribution in [-0.4, -0.2) is 17.8 Å². The molecule has 1 fully saturated rings. The first kappa shape index (κ1) is 14.4. The van der Waals surface area contributed by atoms with Crippen molar-refractivity contribution in [2.45, 2.75) is 24.8 Å². The van der Waals surface area contributed by atoms with E-state index in [1.165, 1.54) is 23.3 Å². The molecule has 0 aromatic heterocycles. The lowest BCUT2D eigenvalue weighted by molar-refractivity contribution is -0.114. The number of nitrogens with zero attached hydrogens (tertiary/aromatic N) is 1. The molecular weight excluding hydrogens is 318 g/mol. The molecule has 1 radical (unpaired) electrons. The standard InChI is InChI=1S/C20H16NO4/c22-16-10-19(23)21(15-7-8-17-18(9-15)25-11-24-17)20(16)14-5-3-13(4-6-14)12-1-2-12/h3-9,12,20,22H,1-2,11H2. The molecule has 25 heavy (non-hydrogen) atoms. The van der Waals surface area contributed by atoms with Crippen molar-refractivity contribution in [1.29, 1.82) is 0 Å². The van der Waals surface area contributed by atoms with Crippen molar-refractivity contribution in [3.8, 4) is 11.5 Å². The van der Waals surface area contributed by atoms with E-state index in [0.29, 0.717) is 23.1 Å². The molecule has 5 rings (SSSR count). The van der Waals surface area contributed by atoms with E-state index in [2.05, 4.69) is 18.2 Å². The van der Waals surface area contributed by atoms with Gasteiger partial charge in [-0.3, -0.25) is 9.69 Å². The van der Waals surface area contributed by atoms with Gasteiger partial charge in [-0.15, -0.1) is 0 Å². The minimum atomic E-state index is -0.568. The molecule has 1 unspecified atom stereocenters. The molecule has 2 heterocycles. The molecule has 3 aliphatic rings. The molecule has 5 heteroatoms. The number of fused-ring (bicyclic) bond motifs is 1. The Morgan fingerprint density at radius 3 is 2.48 bits per heavy atom. The van der Waals surface area contributed by atoms with E-state index >= 15 is 0 Å². The SMILES string of the molecule is O=C1[C]=C(O)C(c2ccc(C3CC3)cc2)N1c1ccc2c(c1)OCO2. The third kappa shape index (κ3) is 2.35. The Labute approximate surface area is 145 Å². The van der Waals surface area contributed by atoms with E-state index in [1.807, 2.05) is 12.1 Å².